The van der Waals surface area contributed by atoms with Gasteiger partial charge in [0.05, 0.1) is 0 Å². The lowest BCUT2D eigenvalue weighted by molar-refractivity contribution is 0.0928. The van der Waals surface area contributed by atoms with Crippen molar-refractivity contribution in [3.63, 3.8) is 0 Å². The maximum atomic E-state index is 5.06. The summed E-state index contributed by atoms with van der Waals surface area (Å²) in [7, 11) is 2.14. The highest BCUT2D eigenvalue weighted by atomic mass is 16.6. The maximum absolute atomic E-state index is 5.06. The lowest BCUT2D eigenvalue weighted by Crippen LogP contribution is -2.28. The third kappa shape index (κ3) is 2.50. The van der Waals surface area contributed by atoms with E-state index in [0.29, 0.717) is 6.04 Å². The van der Waals surface area contributed by atoms with E-state index in [4.69, 9.17) is 4.84 Å². The molecule has 0 amide bonds. The van der Waals surface area contributed by atoms with Crippen molar-refractivity contribution in [2.75, 3.05) is 20.2 Å². The Bertz CT molecular complexity index is 136. The van der Waals surface area contributed by atoms with Gasteiger partial charge in [0.15, 0.2) is 0 Å². The molecular weight excluding hydrogens is 140 g/mol. The van der Waals surface area contributed by atoms with Gasteiger partial charge in [-0.05, 0) is 33.4 Å². The van der Waals surface area contributed by atoms with E-state index in [1.54, 1.807) is 6.21 Å². The average Bonchev–Trinajstić information content (AvgIpc) is 2.37. The van der Waals surface area contributed by atoms with Crippen molar-refractivity contribution >= 4 is 6.21 Å². The van der Waals surface area contributed by atoms with Gasteiger partial charge in [0.25, 0.3) is 0 Å². The molecule has 0 aromatic carbocycles. The van der Waals surface area contributed by atoms with E-state index < -0.39 is 0 Å². The number of hydrogen-bond donors (Lipinski definition) is 0. The fourth-order valence-electron chi connectivity index (χ4n) is 1.39. The second-order valence-corrected chi connectivity index (χ2v) is 2.94. The Labute approximate surface area is 68.0 Å². The van der Waals surface area contributed by atoms with Crippen LogP contribution in [0.15, 0.2) is 5.16 Å². The summed E-state index contributed by atoms with van der Waals surface area (Å²) in [6, 6.07) is 0.582. The molecule has 1 aliphatic rings. The van der Waals surface area contributed by atoms with Crippen LogP contribution in [0.1, 0.15) is 19.8 Å². The summed E-state index contributed by atoms with van der Waals surface area (Å²) in [5, 5.41) is 3.72. The molecule has 0 aromatic rings. The molecule has 0 aliphatic carbocycles. The Morgan fingerprint density at radius 1 is 1.73 bits per heavy atom. The van der Waals surface area contributed by atoms with Gasteiger partial charge in [-0.15, -0.1) is 0 Å². The van der Waals surface area contributed by atoms with Crippen LogP contribution in [-0.4, -0.2) is 37.4 Å². The number of nitrogens with zero attached hydrogens (tertiary/aromatic N) is 2. The van der Waals surface area contributed by atoms with Gasteiger partial charge in [-0.25, -0.2) is 0 Å². The Morgan fingerprint density at radius 3 is 3.09 bits per heavy atom. The molecule has 0 spiro atoms. The zero-order valence-corrected chi connectivity index (χ0v) is 7.29. The highest BCUT2D eigenvalue weighted by Gasteiger charge is 2.20. The van der Waals surface area contributed by atoms with Crippen LogP contribution in [0.4, 0.5) is 0 Å². The summed E-state index contributed by atoms with van der Waals surface area (Å²) < 4.78 is 0. The molecule has 1 atom stereocenters. The molecule has 3 heteroatoms. The monoisotopic (exact) mass is 156 g/mol. The SMILES string of the molecule is CC=NOC[C@@H]1CCCN1C. The molecule has 0 N–H and O–H groups in total. The van der Waals surface area contributed by atoms with E-state index >= 15 is 0 Å². The van der Waals surface area contributed by atoms with E-state index in [1.807, 2.05) is 6.92 Å². The molecule has 1 rings (SSSR count). The van der Waals surface area contributed by atoms with Crippen molar-refractivity contribution < 1.29 is 4.84 Å². The molecular formula is C8H16N2O. The second kappa shape index (κ2) is 4.34. The van der Waals surface area contributed by atoms with E-state index in [-0.39, 0.29) is 0 Å². The zero-order valence-electron chi connectivity index (χ0n) is 7.29. The van der Waals surface area contributed by atoms with Gasteiger partial charge < -0.3 is 4.84 Å². The van der Waals surface area contributed by atoms with Crippen LogP contribution in [0.5, 0.6) is 0 Å². The van der Waals surface area contributed by atoms with Crippen LogP contribution in [0.2, 0.25) is 0 Å². The quantitative estimate of drug-likeness (QED) is 0.451. The molecule has 0 radical (unpaired) electrons. The van der Waals surface area contributed by atoms with Gasteiger partial charge in [0, 0.05) is 12.3 Å². The Hall–Kier alpha value is -0.570. The number of likely N-dealkylation sites (N-methyl/N-ethyl adjacent to an activating group) is 1. The predicted octanol–water partition coefficient (Wildman–Crippen LogP) is 1.10. The number of likely N-dealkylation sites (tertiary alicyclic amines) is 1. The molecule has 1 heterocycles. The Kier molecular flexibility index (Phi) is 3.36. The van der Waals surface area contributed by atoms with Crippen LogP contribution in [-0.2, 0) is 4.84 Å². The van der Waals surface area contributed by atoms with Crippen molar-refractivity contribution in [1.82, 2.24) is 4.90 Å². The normalized spacial score (nSPS) is 26.5. The molecule has 0 saturated carbocycles. The van der Waals surface area contributed by atoms with Crippen LogP contribution in [0.3, 0.4) is 0 Å². The smallest absolute Gasteiger partial charge is 0.132 e. The second-order valence-electron chi connectivity index (χ2n) is 2.94. The minimum Gasteiger partial charge on any atom is -0.394 e. The van der Waals surface area contributed by atoms with E-state index in [0.717, 1.165) is 6.61 Å². The summed E-state index contributed by atoms with van der Waals surface area (Å²) in [6.45, 7) is 3.79. The largest absolute Gasteiger partial charge is 0.394 e. The first-order valence-corrected chi connectivity index (χ1v) is 4.14. The van der Waals surface area contributed by atoms with Gasteiger partial charge in [-0.2, -0.15) is 0 Å². The molecule has 11 heavy (non-hydrogen) atoms. The zero-order chi connectivity index (χ0) is 8.10. The molecule has 64 valence electrons. The van der Waals surface area contributed by atoms with Crippen LogP contribution in [0, 0.1) is 0 Å². The first-order chi connectivity index (χ1) is 5.34. The van der Waals surface area contributed by atoms with Gasteiger partial charge in [0.2, 0.25) is 0 Å². The van der Waals surface area contributed by atoms with E-state index in [2.05, 4.69) is 17.1 Å². The Balaban J connectivity index is 2.15. The van der Waals surface area contributed by atoms with Crippen molar-refractivity contribution in [3.8, 4) is 0 Å². The molecule has 3 nitrogen and oxygen atoms in total. The molecule has 1 saturated heterocycles. The summed E-state index contributed by atoms with van der Waals surface area (Å²) in [4.78, 5) is 7.39. The first kappa shape index (κ1) is 8.53. The first-order valence-electron chi connectivity index (χ1n) is 4.14. The summed E-state index contributed by atoms with van der Waals surface area (Å²) in [5.41, 5.74) is 0. The van der Waals surface area contributed by atoms with Crippen molar-refractivity contribution in [1.29, 1.82) is 0 Å². The summed E-state index contributed by atoms with van der Waals surface area (Å²) >= 11 is 0. The van der Waals surface area contributed by atoms with Crippen LogP contribution in [0.25, 0.3) is 0 Å². The molecule has 1 fully saturated rings. The highest BCUT2D eigenvalue weighted by molar-refractivity contribution is 5.52. The fourth-order valence-corrected chi connectivity index (χ4v) is 1.39. The van der Waals surface area contributed by atoms with Crippen molar-refractivity contribution in [2.24, 2.45) is 5.16 Å². The number of rotatable bonds is 3. The lowest BCUT2D eigenvalue weighted by atomic mass is 10.2. The van der Waals surface area contributed by atoms with E-state index in [9.17, 15) is 0 Å². The van der Waals surface area contributed by atoms with Gasteiger partial charge in [-0.1, -0.05) is 5.16 Å². The van der Waals surface area contributed by atoms with Gasteiger partial charge in [-0.3, -0.25) is 4.90 Å². The van der Waals surface area contributed by atoms with Gasteiger partial charge >= 0.3 is 0 Å². The van der Waals surface area contributed by atoms with Gasteiger partial charge in [0.1, 0.15) is 6.61 Å². The standard InChI is InChI=1S/C8H16N2O/c1-3-9-11-7-8-5-4-6-10(8)2/h3,8H,4-7H2,1-2H3/t8-/m0/s1. The highest BCUT2D eigenvalue weighted by Crippen LogP contribution is 2.14. The third-order valence-electron chi connectivity index (χ3n) is 2.12. The molecule has 1 aliphatic heterocycles. The predicted molar refractivity (Wildman–Crippen MR) is 45.8 cm³/mol. The van der Waals surface area contributed by atoms with Crippen LogP contribution >= 0.6 is 0 Å². The molecule has 0 bridgehead atoms. The number of oxime groups is 1. The third-order valence-corrected chi connectivity index (χ3v) is 2.12. The topological polar surface area (TPSA) is 24.8 Å². The van der Waals surface area contributed by atoms with E-state index in [1.165, 1.54) is 19.4 Å². The summed E-state index contributed by atoms with van der Waals surface area (Å²) in [5.74, 6) is 0. The molecule has 0 aromatic heterocycles. The van der Waals surface area contributed by atoms with Crippen LogP contribution < -0.4 is 0 Å². The fraction of sp³-hybridized carbons (Fsp3) is 0.875. The lowest BCUT2D eigenvalue weighted by Gasteiger charge is -2.17. The van der Waals surface area contributed by atoms with Crippen molar-refractivity contribution in [3.05, 3.63) is 0 Å². The Morgan fingerprint density at radius 2 is 2.55 bits per heavy atom. The minimum absolute atomic E-state index is 0.582. The maximum Gasteiger partial charge on any atom is 0.132 e. The minimum atomic E-state index is 0.582. The van der Waals surface area contributed by atoms with Crippen molar-refractivity contribution in [2.45, 2.75) is 25.8 Å². The average molecular weight is 156 g/mol. The summed E-state index contributed by atoms with van der Waals surface area (Å²) in [6.07, 6.45) is 4.21. The number of hydrogen-bond acceptors (Lipinski definition) is 3. The molecule has 0 unspecified atom stereocenters.